The van der Waals surface area contributed by atoms with Gasteiger partial charge in [0.25, 0.3) is 5.91 Å². The lowest BCUT2D eigenvalue weighted by molar-refractivity contribution is -0.132. The van der Waals surface area contributed by atoms with Crippen LogP contribution in [0.5, 0.6) is 5.75 Å². The van der Waals surface area contributed by atoms with Crippen LogP contribution in [0.1, 0.15) is 18.0 Å². The molecule has 3 aliphatic heterocycles. The molecule has 1 N–H and O–H groups in total. The van der Waals surface area contributed by atoms with E-state index in [0.29, 0.717) is 48.0 Å². The molecule has 1 atom stereocenters. The number of para-hydroxylation sites is 2. The van der Waals surface area contributed by atoms with Gasteiger partial charge in [-0.2, -0.15) is 0 Å². The number of nitrogens with zero attached hydrogens (tertiary/aromatic N) is 4. The zero-order chi connectivity index (χ0) is 26.1. The van der Waals surface area contributed by atoms with Gasteiger partial charge in [0.05, 0.1) is 36.7 Å². The van der Waals surface area contributed by atoms with Gasteiger partial charge in [0, 0.05) is 51.2 Å². The minimum absolute atomic E-state index is 0.0163. The standard InChI is InChI=1S/C27H30ClN5O4/c1-30-21-17-33(26(35)24(21)25(29-27(30)36)18-7-3-4-8-19(18)28)12-11-23(34)32-15-13-31(14-16-32)20-9-5-6-10-22(20)37-2/h3-10,25H,11-17H2,1-2H3,(H,29,36). The van der Waals surface area contributed by atoms with Crippen molar-refractivity contribution in [2.24, 2.45) is 0 Å². The molecule has 0 aromatic heterocycles. The number of halogens is 1. The van der Waals surface area contributed by atoms with Crippen molar-refractivity contribution in [3.8, 4) is 5.75 Å². The smallest absolute Gasteiger partial charge is 0.322 e. The van der Waals surface area contributed by atoms with Gasteiger partial charge in [-0.05, 0) is 23.8 Å². The van der Waals surface area contributed by atoms with Crippen molar-refractivity contribution < 1.29 is 19.1 Å². The van der Waals surface area contributed by atoms with Crippen molar-refractivity contribution >= 4 is 35.1 Å². The molecule has 194 valence electrons. The minimum Gasteiger partial charge on any atom is -0.495 e. The highest BCUT2D eigenvalue weighted by atomic mass is 35.5. The third-order valence-corrected chi connectivity index (χ3v) is 7.65. The second-order valence-electron chi connectivity index (χ2n) is 9.34. The van der Waals surface area contributed by atoms with E-state index in [4.69, 9.17) is 16.3 Å². The van der Waals surface area contributed by atoms with E-state index in [1.807, 2.05) is 47.4 Å². The Labute approximate surface area is 221 Å². The molecule has 0 radical (unpaired) electrons. The molecule has 0 saturated carbocycles. The molecule has 9 nitrogen and oxygen atoms in total. The molecule has 2 aromatic carbocycles. The highest BCUT2D eigenvalue weighted by molar-refractivity contribution is 6.31. The Hall–Kier alpha value is -3.72. The van der Waals surface area contributed by atoms with Crippen LogP contribution in [-0.2, 0) is 9.59 Å². The lowest BCUT2D eigenvalue weighted by Gasteiger charge is -2.36. The molecule has 3 aliphatic rings. The topological polar surface area (TPSA) is 85.4 Å². The maximum atomic E-state index is 13.4. The van der Waals surface area contributed by atoms with E-state index < -0.39 is 6.04 Å². The number of carbonyl (C=O) groups is 3. The number of anilines is 1. The molecule has 10 heteroatoms. The first-order chi connectivity index (χ1) is 17.9. The van der Waals surface area contributed by atoms with Gasteiger partial charge in [0.15, 0.2) is 0 Å². The Kier molecular flexibility index (Phi) is 6.97. The number of methoxy groups -OCH3 is 1. The third kappa shape index (κ3) is 4.71. The lowest BCUT2D eigenvalue weighted by Crippen LogP contribution is -2.49. The maximum Gasteiger partial charge on any atom is 0.322 e. The molecule has 1 fully saturated rings. The summed E-state index contributed by atoms with van der Waals surface area (Å²) in [4.78, 5) is 46.3. The van der Waals surface area contributed by atoms with Gasteiger partial charge in [0.2, 0.25) is 5.91 Å². The Morgan fingerprint density at radius 1 is 1.05 bits per heavy atom. The quantitative estimate of drug-likeness (QED) is 0.629. The number of rotatable bonds is 6. The molecule has 2 aromatic rings. The first kappa shape index (κ1) is 25.0. The predicted molar refractivity (Wildman–Crippen MR) is 140 cm³/mol. The number of hydrogen-bond donors (Lipinski definition) is 1. The molecular formula is C27H30ClN5O4. The largest absolute Gasteiger partial charge is 0.495 e. The molecule has 3 heterocycles. The van der Waals surface area contributed by atoms with Gasteiger partial charge >= 0.3 is 6.03 Å². The fraction of sp³-hybridized carbons (Fsp3) is 0.370. The summed E-state index contributed by atoms with van der Waals surface area (Å²) < 4.78 is 5.48. The summed E-state index contributed by atoms with van der Waals surface area (Å²) in [6.45, 7) is 3.21. The van der Waals surface area contributed by atoms with E-state index in [1.54, 1.807) is 25.1 Å². The molecular weight excluding hydrogens is 494 g/mol. The summed E-state index contributed by atoms with van der Waals surface area (Å²) in [5.41, 5.74) is 2.86. The Balaban J connectivity index is 1.21. The van der Waals surface area contributed by atoms with Gasteiger partial charge in [-0.25, -0.2) is 4.79 Å². The molecule has 5 rings (SSSR count). The summed E-state index contributed by atoms with van der Waals surface area (Å²) >= 11 is 6.40. The number of benzene rings is 2. The van der Waals surface area contributed by atoms with Gasteiger partial charge in [0.1, 0.15) is 5.75 Å². The zero-order valence-corrected chi connectivity index (χ0v) is 21.7. The lowest BCUT2D eigenvalue weighted by atomic mass is 9.95. The SMILES string of the molecule is COc1ccccc1N1CCN(C(=O)CCN2CC3=C(C2=O)C(c2ccccc2Cl)NC(=O)N3C)CC1. The van der Waals surface area contributed by atoms with Crippen LogP contribution in [0.2, 0.25) is 5.02 Å². The summed E-state index contributed by atoms with van der Waals surface area (Å²) in [5, 5.41) is 3.38. The first-order valence-corrected chi connectivity index (χ1v) is 12.7. The summed E-state index contributed by atoms with van der Waals surface area (Å²) in [6.07, 6.45) is 0.225. The van der Waals surface area contributed by atoms with Crippen molar-refractivity contribution in [3.63, 3.8) is 0 Å². The van der Waals surface area contributed by atoms with E-state index in [9.17, 15) is 14.4 Å². The van der Waals surface area contributed by atoms with Crippen molar-refractivity contribution in [1.29, 1.82) is 0 Å². The molecule has 37 heavy (non-hydrogen) atoms. The van der Waals surface area contributed by atoms with Crippen LogP contribution in [0.25, 0.3) is 0 Å². The molecule has 0 bridgehead atoms. The van der Waals surface area contributed by atoms with E-state index in [2.05, 4.69) is 10.2 Å². The van der Waals surface area contributed by atoms with Gasteiger partial charge in [-0.15, -0.1) is 0 Å². The van der Waals surface area contributed by atoms with Gasteiger partial charge < -0.3 is 24.8 Å². The van der Waals surface area contributed by atoms with Gasteiger partial charge in [-0.3, -0.25) is 14.5 Å². The summed E-state index contributed by atoms with van der Waals surface area (Å²) in [5.74, 6) is 0.655. The predicted octanol–water partition coefficient (Wildman–Crippen LogP) is 2.88. The summed E-state index contributed by atoms with van der Waals surface area (Å²) in [7, 11) is 3.31. The second kappa shape index (κ2) is 10.3. The average Bonchev–Trinajstić information content (AvgIpc) is 3.26. The van der Waals surface area contributed by atoms with Crippen molar-refractivity contribution in [2.75, 3.05) is 58.3 Å². The summed E-state index contributed by atoms with van der Waals surface area (Å²) in [6, 6.07) is 14.2. The van der Waals surface area contributed by atoms with E-state index >= 15 is 0 Å². The number of urea groups is 1. The van der Waals surface area contributed by atoms with Crippen LogP contribution in [0, 0.1) is 0 Å². The van der Waals surface area contributed by atoms with Crippen LogP contribution in [0.15, 0.2) is 59.8 Å². The number of ether oxygens (including phenoxy) is 1. The van der Waals surface area contributed by atoms with E-state index in [0.717, 1.165) is 11.4 Å². The molecule has 1 saturated heterocycles. The van der Waals surface area contributed by atoms with Crippen molar-refractivity contribution in [1.82, 2.24) is 20.0 Å². The number of carbonyl (C=O) groups excluding carboxylic acids is 3. The number of likely N-dealkylation sites (N-methyl/N-ethyl adjacent to an activating group) is 1. The van der Waals surface area contributed by atoms with Crippen molar-refractivity contribution in [3.05, 3.63) is 70.4 Å². The van der Waals surface area contributed by atoms with Crippen LogP contribution < -0.4 is 15.0 Å². The van der Waals surface area contributed by atoms with Crippen LogP contribution in [0.4, 0.5) is 10.5 Å². The Bertz CT molecular complexity index is 1260. The first-order valence-electron chi connectivity index (χ1n) is 12.4. The third-order valence-electron chi connectivity index (χ3n) is 7.31. The monoisotopic (exact) mass is 523 g/mol. The normalized spacial score (nSPS) is 19.8. The van der Waals surface area contributed by atoms with Crippen LogP contribution in [0.3, 0.4) is 0 Å². The maximum absolute atomic E-state index is 13.4. The number of hydrogen-bond acceptors (Lipinski definition) is 5. The second-order valence-corrected chi connectivity index (χ2v) is 9.75. The van der Waals surface area contributed by atoms with E-state index in [-0.39, 0.29) is 37.4 Å². The fourth-order valence-electron chi connectivity index (χ4n) is 5.22. The highest BCUT2D eigenvalue weighted by Gasteiger charge is 2.43. The van der Waals surface area contributed by atoms with Crippen LogP contribution in [-0.4, -0.2) is 86.0 Å². The minimum atomic E-state index is -0.622. The van der Waals surface area contributed by atoms with Gasteiger partial charge in [-0.1, -0.05) is 41.9 Å². The Morgan fingerprint density at radius 3 is 2.49 bits per heavy atom. The number of piperazine rings is 1. The number of nitrogens with one attached hydrogen (secondary N) is 1. The zero-order valence-electron chi connectivity index (χ0n) is 20.9. The van der Waals surface area contributed by atoms with E-state index in [1.165, 1.54) is 4.90 Å². The van der Waals surface area contributed by atoms with Crippen molar-refractivity contribution in [2.45, 2.75) is 12.5 Å². The van der Waals surface area contributed by atoms with Crippen LogP contribution >= 0.6 is 11.6 Å². The molecule has 0 aliphatic carbocycles. The average molecular weight is 524 g/mol. The highest BCUT2D eigenvalue weighted by Crippen LogP contribution is 2.38. The Morgan fingerprint density at radius 2 is 1.76 bits per heavy atom. The number of amides is 4. The molecule has 4 amide bonds. The molecule has 1 unspecified atom stereocenters. The molecule has 0 spiro atoms. The fourth-order valence-corrected chi connectivity index (χ4v) is 5.47.